The highest BCUT2D eigenvalue weighted by Crippen LogP contribution is 2.31. The molecule has 6 heteroatoms. The van der Waals surface area contributed by atoms with E-state index in [1.807, 2.05) is 0 Å². The van der Waals surface area contributed by atoms with Gasteiger partial charge in [-0.1, -0.05) is 23.7 Å². The lowest BCUT2D eigenvalue weighted by Crippen LogP contribution is -2.29. The molecular formula is C16H10ClNO4. The number of carbonyl (C=O) groups excluding carboxylic acids is 3. The molecule has 0 unspecified atom stereocenters. The number of halogens is 1. The SMILES string of the molecule is COC(=O)c1cc(N2C(=O)c3ccccc3C2=O)ccc1Cl. The summed E-state index contributed by atoms with van der Waals surface area (Å²) >= 11 is 5.95. The summed E-state index contributed by atoms with van der Waals surface area (Å²) in [6.45, 7) is 0. The fourth-order valence-electron chi connectivity index (χ4n) is 2.34. The van der Waals surface area contributed by atoms with Crippen molar-refractivity contribution in [2.75, 3.05) is 12.0 Å². The lowest BCUT2D eigenvalue weighted by molar-refractivity contribution is 0.0600. The van der Waals surface area contributed by atoms with E-state index in [-0.39, 0.29) is 16.3 Å². The smallest absolute Gasteiger partial charge is 0.339 e. The number of nitrogens with zero attached hydrogens (tertiary/aromatic N) is 1. The van der Waals surface area contributed by atoms with Crippen molar-refractivity contribution in [3.05, 3.63) is 64.2 Å². The lowest BCUT2D eigenvalue weighted by atomic mass is 10.1. The minimum atomic E-state index is -0.636. The van der Waals surface area contributed by atoms with E-state index in [0.717, 1.165) is 4.90 Å². The van der Waals surface area contributed by atoms with Crippen molar-refractivity contribution in [3.63, 3.8) is 0 Å². The molecule has 0 bridgehead atoms. The van der Waals surface area contributed by atoms with Crippen LogP contribution in [0.25, 0.3) is 0 Å². The Morgan fingerprint density at radius 2 is 1.64 bits per heavy atom. The van der Waals surface area contributed by atoms with Crippen LogP contribution < -0.4 is 4.90 Å². The Balaban J connectivity index is 2.08. The molecule has 22 heavy (non-hydrogen) atoms. The topological polar surface area (TPSA) is 63.7 Å². The number of hydrogen-bond acceptors (Lipinski definition) is 4. The number of amides is 2. The van der Waals surface area contributed by atoms with Crippen molar-refractivity contribution < 1.29 is 19.1 Å². The third-order valence-electron chi connectivity index (χ3n) is 3.41. The van der Waals surface area contributed by atoms with E-state index in [1.54, 1.807) is 24.3 Å². The van der Waals surface area contributed by atoms with Crippen LogP contribution in [0.5, 0.6) is 0 Å². The van der Waals surface area contributed by atoms with Crippen LogP contribution in [0.15, 0.2) is 42.5 Å². The number of fused-ring (bicyclic) bond motifs is 1. The van der Waals surface area contributed by atoms with E-state index in [0.29, 0.717) is 11.1 Å². The molecule has 2 amide bonds. The monoisotopic (exact) mass is 315 g/mol. The summed E-state index contributed by atoms with van der Waals surface area (Å²) in [5, 5.41) is 0.187. The number of methoxy groups -OCH3 is 1. The number of benzene rings is 2. The molecule has 0 spiro atoms. The van der Waals surface area contributed by atoms with Gasteiger partial charge in [0, 0.05) is 0 Å². The minimum Gasteiger partial charge on any atom is -0.465 e. The van der Waals surface area contributed by atoms with Gasteiger partial charge in [0.15, 0.2) is 0 Å². The number of esters is 1. The Hall–Kier alpha value is -2.66. The highest BCUT2D eigenvalue weighted by molar-refractivity contribution is 6.36. The second-order valence-electron chi connectivity index (χ2n) is 4.65. The highest BCUT2D eigenvalue weighted by atomic mass is 35.5. The maximum atomic E-state index is 12.4. The fraction of sp³-hybridized carbons (Fsp3) is 0.0625. The molecule has 5 nitrogen and oxygen atoms in total. The van der Waals surface area contributed by atoms with E-state index >= 15 is 0 Å². The quantitative estimate of drug-likeness (QED) is 0.631. The highest BCUT2D eigenvalue weighted by Gasteiger charge is 2.36. The summed E-state index contributed by atoms with van der Waals surface area (Å²) in [7, 11) is 1.23. The van der Waals surface area contributed by atoms with Gasteiger partial charge in [-0.25, -0.2) is 9.69 Å². The Labute approximate surface area is 131 Å². The molecule has 0 aliphatic carbocycles. The summed E-state index contributed by atoms with van der Waals surface area (Å²) in [5.41, 5.74) is 1.04. The third kappa shape index (κ3) is 2.07. The van der Waals surface area contributed by atoms with Crippen LogP contribution in [-0.2, 0) is 4.74 Å². The van der Waals surface area contributed by atoms with Gasteiger partial charge in [0.1, 0.15) is 0 Å². The maximum Gasteiger partial charge on any atom is 0.339 e. The Morgan fingerprint density at radius 1 is 1.05 bits per heavy atom. The van der Waals surface area contributed by atoms with Gasteiger partial charge in [-0.2, -0.15) is 0 Å². The predicted molar refractivity (Wildman–Crippen MR) is 80.4 cm³/mol. The Bertz CT molecular complexity index is 781. The van der Waals surface area contributed by atoms with Crippen LogP contribution >= 0.6 is 11.6 Å². The van der Waals surface area contributed by atoms with Crippen molar-refractivity contribution in [2.45, 2.75) is 0 Å². The first-order valence-electron chi connectivity index (χ1n) is 6.40. The molecular weight excluding hydrogens is 306 g/mol. The number of rotatable bonds is 2. The molecule has 2 aromatic rings. The molecule has 1 aliphatic rings. The standard InChI is InChI=1S/C16H10ClNO4/c1-22-16(21)12-8-9(6-7-13(12)17)18-14(19)10-4-2-3-5-11(10)15(18)20/h2-8H,1H3. The number of carbonyl (C=O) groups is 3. The average molecular weight is 316 g/mol. The molecule has 0 saturated carbocycles. The van der Waals surface area contributed by atoms with Crippen molar-refractivity contribution in [1.29, 1.82) is 0 Å². The largest absolute Gasteiger partial charge is 0.465 e. The number of ether oxygens (including phenoxy) is 1. The Morgan fingerprint density at radius 3 is 2.18 bits per heavy atom. The molecule has 0 fully saturated rings. The molecule has 110 valence electrons. The average Bonchev–Trinajstić information content (AvgIpc) is 2.79. The predicted octanol–water partition coefficient (Wildman–Crippen LogP) is 2.93. The summed E-state index contributed by atoms with van der Waals surface area (Å²) < 4.78 is 4.64. The van der Waals surface area contributed by atoms with E-state index in [1.165, 1.54) is 25.3 Å². The van der Waals surface area contributed by atoms with Gasteiger partial charge in [0.05, 0.1) is 34.5 Å². The summed E-state index contributed by atoms with van der Waals surface area (Å²) in [6, 6.07) is 10.9. The second-order valence-corrected chi connectivity index (χ2v) is 5.05. The van der Waals surface area contributed by atoms with E-state index in [2.05, 4.69) is 4.74 Å². The summed E-state index contributed by atoms with van der Waals surface area (Å²) in [5.74, 6) is -1.50. The van der Waals surface area contributed by atoms with Gasteiger partial charge in [0.25, 0.3) is 11.8 Å². The first-order valence-corrected chi connectivity index (χ1v) is 6.78. The first-order chi connectivity index (χ1) is 10.5. The van der Waals surface area contributed by atoms with Crippen molar-refractivity contribution in [3.8, 4) is 0 Å². The molecule has 0 saturated heterocycles. The third-order valence-corrected chi connectivity index (χ3v) is 3.74. The first kappa shape index (κ1) is 14.3. The van der Waals surface area contributed by atoms with Crippen LogP contribution in [0.2, 0.25) is 5.02 Å². The van der Waals surface area contributed by atoms with Crippen molar-refractivity contribution >= 4 is 35.1 Å². The number of anilines is 1. The van der Waals surface area contributed by atoms with Gasteiger partial charge in [-0.05, 0) is 30.3 Å². The molecule has 1 aliphatic heterocycles. The van der Waals surface area contributed by atoms with Crippen LogP contribution in [-0.4, -0.2) is 24.9 Å². The van der Waals surface area contributed by atoms with E-state index in [4.69, 9.17) is 11.6 Å². The zero-order valence-electron chi connectivity index (χ0n) is 11.5. The normalized spacial score (nSPS) is 13.3. The lowest BCUT2D eigenvalue weighted by Gasteiger charge is -2.15. The van der Waals surface area contributed by atoms with Gasteiger partial charge < -0.3 is 4.74 Å². The maximum absolute atomic E-state index is 12.4. The van der Waals surface area contributed by atoms with Crippen molar-refractivity contribution in [1.82, 2.24) is 0 Å². The zero-order valence-corrected chi connectivity index (χ0v) is 12.3. The molecule has 0 atom stereocenters. The molecule has 0 N–H and O–H groups in total. The van der Waals surface area contributed by atoms with Crippen molar-refractivity contribution in [2.24, 2.45) is 0 Å². The van der Waals surface area contributed by atoms with E-state index in [9.17, 15) is 14.4 Å². The summed E-state index contributed by atoms with van der Waals surface area (Å²) in [4.78, 5) is 37.5. The van der Waals surface area contributed by atoms with Crippen LogP contribution in [0.3, 0.4) is 0 Å². The molecule has 1 heterocycles. The van der Waals surface area contributed by atoms with Crippen LogP contribution in [0, 0.1) is 0 Å². The minimum absolute atomic E-state index is 0.0956. The zero-order chi connectivity index (χ0) is 15.9. The molecule has 0 aromatic heterocycles. The van der Waals surface area contributed by atoms with Gasteiger partial charge in [0.2, 0.25) is 0 Å². The number of imide groups is 1. The van der Waals surface area contributed by atoms with Gasteiger partial charge >= 0.3 is 5.97 Å². The second kappa shape index (κ2) is 5.27. The molecule has 3 rings (SSSR count). The van der Waals surface area contributed by atoms with Gasteiger partial charge in [-0.15, -0.1) is 0 Å². The van der Waals surface area contributed by atoms with Gasteiger partial charge in [-0.3, -0.25) is 9.59 Å². The summed E-state index contributed by atoms with van der Waals surface area (Å²) in [6.07, 6.45) is 0. The van der Waals surface area contributed by atoms with Crippen LogP contribution in [0.1, 0.15) is 31.1 Å². The fourth-order valence-corrected chi connectivity index (χ4v) is 2.54. The Kier molecular flexibility index (Phi) is 3.42. The van der Waals surface area contributed by atoms with E-state index < -0.39 is 17.8 Å². The van der Waals surface area contributed by atoms with Crippen LogP contribution in [0.4, 0.5) is 5.69 Å². The molecule has 0 radical (unpaired) electrons. The number of hydrogen-bond donors (Lipinski definition) is 0. The molecule has 2 aromatic carbocycles.